The molecule has 1 aliphatic heterocycles. The predicted octanol–water partition coefficient (Wildman–Crippen LogP) is 4.76. The van der Waals surface area contributed by atoms with Crippen LogP contribution in [0.3, 0.4) is 0 Å². The molecule has 1 aliphatic rings. The summed E-state index contributed by atoms with van der Waals surface area (Å²) in [7, 11) is 0. The first kappa shape index (κ1) is 40.2. The number of unbranched alkanes of at least 4 members (excludes halogenated alkanes) is 10. The first-order valence-electron chi connectivity index (χ1n) is 16.8. The standard InChI is InChI=1S/C35H61NO8/c1-3-5-7-9-11-13-14-15-17-19-21-23-25-31(39)36-28(29(38)24-22-20-18-16-12-10-8-6-4-2)27-43-35-34(42)33(41)32(40)30(26-37)44-35/h4,6,11-13,16,22,24,28-30,32-35,37-38,40-42H,3,5,7-10,14-15,17-21,23,25-27H2,1-2H3,(H,36,39)/b6-4+,13-11-,16-12+,24-22+. The van der Waals surface area contributed by atoms with Crippen LogP contribution in [0.2, 0.25) is 0 Å². The van der Waals surface area contributed by atoms with Crippen LogP contribution in [0, 0.1) is 0 Å². The zero-order chi connectivity index (χ0) is 32.4. The molecule has 1 saturated heterocycles. The van der Waals surface area contributed by atoms with E-state index in [2.05, 4.69) is 42.6 Å². The largest absolute Gasteiger partial charge is 0.394 e. The van der Waals surface area contributed by atoms with Crippen molar-refractivity contribution in [2.75, 3.05) is 13.2 Å². The van der Waals surface area contributed by atoms with E-state index in [-0.39, 0.29) is 12.5 Å². The second kappa shape index (κ2) is 26.4. The lowest BCUT2D eigenvalue weighted by Gasteiger charge is -2.40. The molecule has 0 spiro atoms. The van der Waals surface area contributed by atoms with E-state index in [4.69, 9.17) is 9.47 Å². The summed E-state index contributed by atoms with van der Waals surface area (Å²) >= 11 is 0. The highest BCUT2D eigenvalue weighted by Crippen LogP contribution is 2.22. The smallest absolute Gasteiger partial charge is 0.220 e. The van der Waals surface area contributed by atoms with Gasteiger partial charge < -0.3 is 40.3 Å². The molecule has 9 nitrogen and oxygen atoms in total. The molecule has 0 bridgehead atoms. The summed E-state index contributed by atoms with van der Waals surface area (Å²) in [5.41, 5.74) is 0. The number of hydrogen-bond donors (Lipinski definition) is 6. The van der Waals surface area contributed by atoms with Crippen molar-refractivity contribution in [1.29, 1.82) is 0 Å². The number of carbonyl (C=O) groups is 1. The van der Waals surface area contributed by atoms with Gasteiger partial charge in [0, 0.05) is 6.42 Å². The van der Waals surface area contributed by atoms with Crippen molar-refractivity contribution in [2.24, 2.45) is 0 Å². The molecule has 1 heterocycles. The summed E-state index contributed by atoms with van der Waals surface area (Å²) < 4.78 is 11.1. The summed E-state index contributed by atoms with van der Waals surface area (Å²) in [6.07, 6.45) is 23.2. The van der Waals surface area contributed by atoms with E-state index in [0.717, 1.165) is 70.6 Å². The van der Waals surface area contributed by atoms with Crippen LogP contribution in [-0.2, 0) is 14.3 Å². The molecule has 0 aromatic rings. The van der Waals surface area contributed by atoms with Gasteiger partial charge in [0.25, 0.3) is 0 Å². The van der Waals surface area contributed by atoms with Crippen molar-refractivity contribution in [3.05, 3.63) is 48.6 Å². The molecule has 1 rings (SSSR count). The van der Waals surface area contributed by atoms with Crippen LogP contribution in [0.25, 0.3) is 0 Å². The average molecular weight is 624 g/mol. The molecule has 0 aliphatic carbocycles. The Hall–Kier alpha value is -1.85. The number of amides is 1. The fourth-order valence-corrected chi connectivity index (χ4v) is 4.89. The fourth-order valence-electron chi connectivity index (χ4n) is 4.89. The summed E-state index contributed by atoms with van der Waals surface area (Å²) in [4.78, 5) is 12.8. The normalized spacial score (nSPS) is 24.2. The lowest BCUT2D eigenvalue weighted by Crippen LogP contribution is -2.60. The molecule has 1 fully saturated rings. The quantitative estimate of drug-likeness (QED) is 0.0630. The van der Waals surface area contributed by atoms with Crippen molar-refractivity contribution in [2.45, 2.75) is 153 Å². The van der Waals surface area contributed by atoms with Gasteiger partial charge in [0.05, 0.1) is 25.4 Å². The number of nitrogens with one attached hydrogen (secondary N) is 1. The molecule has 0 aromatic carbocycles. The molecule has 0 radical (unpaired) electrons. The summed E-state index contributed by atoms with van der Waals surface area (Å²) in [6.45, 7) is 3.43. The third-order valence-corrected chi connectivity index (χ3v) is 7.70. The van der Waals surface area contributed by atoms with E-state index < -0.39 is 49.5 Å². The second-order valence-electron chi connectivity index (χ2n) is 11.6. The Morgan fingerprint density at radius 1 is 0.795 bits per heavy atom. The Labute approximate surface area is 265 Å². The zero-order valence-corrected chi connectivity index (χ0v) is 27.1. The predicted molar refractivity (Wildman–Crippen MR) is 175 cm³/mol. The molecule has 7 atom stereocenters. The minimum absolute atomic E-state index is 0.209. The molecule has 7 unspecified atom stereocenters. The van der Waals surface area contributed by atoms with Crippen molar-refractivity contribution >= 4 is 5.91 Å². The van der Waals surface area contributed by atoms with Gasteiger partial charge in [0.2, 0.25) is 5.91 Å². The van der Waals surface area contributed by atoms with E-state index in [1.165, 1.54) is 19.3 Å². The topological polar surface area (TPSA) is 149 Å². The van der Waals surface area contributed by atoms with E-state index in [1.54, 1.807) is 6.08 Å². The van der Waals surface area contributed by atoms with Crippen LogP contribution in [0.5, 0.6) is 0 Å². The monoisotopic (exact) mass is 623 g/mol. The Kier molecular flexibility index (Phi) is 24.1. The minimum Gasteiger partial charge on any atom is -0.394 e. The van der Waals surface area contributed by atoms with Gasteiger partial charge in [-0.1, -0.05) is 87.6 Å². The van der Waals surface area contributed by atoms with E-state index >= 15 is 0 Å². The van der Waals surface area contributed by atoms with Crippen LogP contribution in [-0.4, -0.2) is 87.5 Å². The number of aliphatic hydroxyl groups excluding tert-OH is 5. The van der Waals surface area contributed by atoms with E-state index in [9.17, 15) is 30.3 Å². The van der Waals surface area contributed by atoms with Gasteiger partial charge in [-0.05, 0) is 64.7 Å². The molecule has 44 heavy (non-hydrogen) atoms. The lowest BCUT2D eigenvalue weighted by molar-refractivity contribution is -0.302. The fraction of sp³-hybridized carbons (Fsp3) is 0.743. The molecule has 6 N–H and O–H groups in total. The second-order valence-corrected chi connectivity index (χ2v) is 11.6. The van der Waals surface area contributed by atoms with Crippen LogP contribution >= 0.6 is 0 Å². The maximum atomic E-state index is 12.8. The average Bonchev–Trinajstić information content (AvgIpc) is 3.02. The molecular weight excluding hydrogens is 562 g/mol. The molecular formula is C35H61NO8. The van der Waals surface area contributed by atoms with Gasteiger partial charge >= 0.3 is 0 Å². The third-order valence-electron chi connectivity index (χ3n) is 7.70. The Morgan fingerprint density at radius 2 is 1.39 bits per heavy atom. The Balaban J connectivity index is 2.55. The first-order valence-corrected chi connectivity index (χ1v) is 16.8. The van der Waals surface area contributed by atoms with Gasteiger partial charge in [-0.2, -0.15) is 0 Å². The molecule has 1 amide bonds. The van der Waals surface area contributed by atoms with Gasteiger partial charge in [0.15, 0.2) is 6.29 Å². The van der Waals surface area contributed by atoms with Crippen molar-refractivity contribution in [1.82, 2.24) is 5.32 Å². The number of carbonyl (C=O) groups excluding carboxylic acids is 1. The van der Waals surface area contributed by atoms with Gasteiger partial charge in [-0.15, -0.1) is 0 Å². The van der Waals surface area contributed by atoms with Crippen molar-refractivity contribution in [3.8, 4) is 0 Å². The maximum absolute atomic E-state index is 12.8. The zero-order valence-electron chi connectivity index (χ0n) is 27.1. The molecule has 9 heteroatoms. The summed E-state index contributed by atoms with van der Waals surface area (Å²) in [5.74, 6) is -0.209. The SMILES string of the molecule is C/C=C/CC/C=C/CC/C=C/C(O)C(COC1OC(CO)C(O)C(O)C1O)NC(=O)CCCCCCC/C=C\CCCCC. The van der Waals surface area contributed by atoms with Crippen LogP contribution in [0.1, 0.15) is 110 Å². The number of rotatable bonds is 25. The molecule has 254 valence electrons. The number of hydrogen-bond acceptors (Lipinski definition) is 8. The van der Waals surface area contributed by atoms with Crippen molar-refractivity contribution in [3.63, 3.8) is 0 Å². The van der Waals surface area contributed by atoms with Crippen LogP contribution in [0.4, 0.5) is 0 Å². The maximum Gasteiger partial charge on any atom is 0.220 e. The highest BCUT2D eigenvalue weighted by molar-refractivity contribution is 5.76. The third kappa shape index (κ3) is 18.2. The Morgan fingerprint density at radius 3 is 2.05 bits per heavy atom. The van der Waals surface area contributed by atoms with Crippen molar-refractivity contribution < 1.29 is 39.8 Å². The summed E-state index contributed by atoms with van der Waals surface area (Å²) in [6, 6.07) is -0.827. The van der Waals surface area contributed by atoms with Gasteiger partial charge in [-0.25, -0.2) is 0 Å². The summed E-state index contributed by atoms with van der Waals surface area (Å²) in [5, 5.41) is 53.5. The number of allylic oxidation sites excluding steroid dienone is 7. The van der Waals surface area contributed by atoms with Crippen LogP contribution in [0.15, 0.2) is 48.6 Å². The highest BCUT2D eigenvalue weighted by Gasteiger charge is 2.44. The first-order chi connectivity index (χ1) is 21.3. The molecule has 0 saturated carbocycles. The Bertz CT molecular complexity index is 828. The van der Waals surface area contributed by atoms with Crippen LogP contribution < -0.4 is 5.32 Å². The van der Waals surface area contributed by atoms with Gasteiger partial charge in [0.1, 0.15) is 24.4 Å². The highest BCUT2D eigenvalue weighted by atomic mass is 16.7. The minimum atomic E-state index is -1.57. The van der Waals surface area contributed by atoms with E-state index in [1.807, 2.05) is 19.1 Å². The number of ether oxygens (including phenoxy) is 2. The van der Waals surface area contributed by atoms with E-state index in [0.29, 0.717) is 6.42 Å². The number of aliphatic hydroxyl groups is 5. The van der Waals surface area contributed by atoms with Gasteiger partial charge in [-0.3, -0.25) is 4.79 Å². The lowest BCUT2D eigenvalue weighted by atomic mass is 9.99. The molecule has 0 aromatic heterocycles.